The van der Waals surface area contributed by atoms with E-state index in [1.807, 2.05) is 0 Å². The van der Waals surface area contributed by atoms with Crippen molar-refractivity contribution in [1.82, 2.24) is 19.6 Å². The molecule has 0 amide bonds. The van der Waals surface area contributed by atoms with Gasteiger partial charge in [0.15, 0.2) is 5.65 Å². The minimum atomic E-state index is -1.10. The molecule has 3 aromatic heterocycles. The fourth-order valence-corrected chi connectivity index (χ4v) is 3.39. The van der Waals surface area contributed by atoms with E-state index in [1.165, 1.54) is 16.8 Å². The molecule has 3 atom stereocenters. The summed E-state index contributed by atoms with van der Waals surface area (Å²) >= 11 is 0. The maximum atomic E-state index is 14.4. The van der Waals surface area contributed by atoms with E-state index in [0.717, 1.165) is 6.20 Å². The summed E-state index contributed by atoms with van der Waals surface area (Å²) in [6.07, 6.45) is 3.03. The average Bonchev–Trinajstić information content (AvgIpc) is 3.25. The summed E-state index contributed by atoms with van der Waals surface area (Å²) in [5.41, 5.74) is 12.9. The van der Waals surface area contributed by atoms with E-state index >= 15 is 0 Å². The SMILES string of the molecule is C[C@@H](CN)Oc1ncc(F)cc1[C@H]1C[C@H](F)CN1c1ccn2ncc(N)c2n1. The van der Waals surface area contributed by atoms with E-state index < -0.39 is 18.0 Å². The van der Waals surface area contributed by atoms with Crippen LogP contribution in [0.25, 0.3) is 5.65 Å². The maximum Gasteiger partial charge on any atom is 0.219 e. The van der Waals surface area contributed by atoms with Gasteiger partial charge >= 0.3 is 0 Å². The quantitative estimate of drug-likeness (QED) is 0.686. The van der Waals surface area contributed by atoms with Crippen LogP contribution in [0, 0.1) is 5.82 Å². The molecule has 8 nitrogen and oxygen atoms in total. The molecule has 3 aromatic rings. The summed E-state index contributed by atoms with van der Waals surface area (Å²) in [5, 5.41) is 4.09. The first-order valence-corrected chi connectivity index (χ1v) is 8.99. The number of alkyl halides is 1. The van der Waals surface area contributed by atoms with Crippen molar-refractivity contribution in [2.75, 3.05) is 23.7 Å². The van der Waals surface area contributed by atoms with Gasteiger partial charge in [0.25, 0.3) is 0 Å². The number of hydrogen-bond acceptors (Lipinski definition) is 7. The van der Waals surface area contributed by atoms with Gasteiger partial charge in [0.05, 0.1) is 30.7 Å². The molecule has 0 saturated carbocycles. The summed E-state index contributed by atoms with van der Waals surface area (Å²) in [5.74, 6) is 0.244. The fourth-order valence-electron chi connectivity index (χ4n) is 3.39. The molecule has 0 unspecified atom stereocenters. The van der Waals surface area contributed by atoms with Gasteiger partial charge in [0, 0.05) is 24.7 Å². The lowest BCUT2D eigenvalue weighted by atomic mass is 10.1. The number of ether oxygens (including phenoxy) is 1. The minimum absolute atomic E-state index is 0.115. The highest BCUT2D eigenvalue weighted by molar-refractivity contribution is 5.65. The molecule has 4 heterocycles. The second-order valence-electron chi connectivity index (χ2n) is 6.87. The number of halogens is 2. The van der Waals surface area contributed by atoms with Gasteiger partial charge in [0.1, 0.15) is 23.9 Å². The number of nitrogens with zero attached hydrogens (tertiary/aromatic N) is 5. The van der Waals surface area contributed by atoms with Crippen molar-refractivity contribution in [3.63, 3.8) is 0 Å². The van der Waals surface area contributed by atoms with Crippen molar-refractivity contribution >= 4 is 17.2 Å². The van der Waals surface area contributed by atoms with E-state index in [-0.39, 0.29) is 31.5 Å². The zero-order valence-corrected chi connectivity index (χ0v) is 15.3. The van der Waals surface area contributed by atoms with Crippen LogP contribution in [-0.2, 0) is 0 Å². The topological polar surface area (TPSA) is 108 Å². The zero-order valence-electron chi connectivity index (χ0n) is 15.3. The minimum Gasteiger partial charge on any atom is -0.473 e. The standard InChI is InChI=1S/C18H21F2N7O/c1-10(6-21)28-18-13(4-11(19)7-23-18)15-5-12(20)9-26(15)16-2-3-27-17(25-16)14(22)8-24-27/h2-4,7-8,10,12,15H,5-6,9,21-22H2,1H3/t10-,12-,15+/m0/s1. The monoisotopic (exact) mass is 389 g/mol. The molecule has 1 aliphatic heterocycles. The predicted octanol–water partition coefficient (Wildman–Crippen LogP) is 1.86. The second kappa shape index (κ2) is 7.19. The molecule has 0 aromatic carbocycles. The second-order valence-corrected chi connectivity index (χ2v) is 6.87. The Hall–Kier alpha value is -3.01. The lowest BCUT2D eigenvalue weighted by Gasteiger charge is -2.27. The molecule has 28 heavy (non-hydrogen) atoms. The molecule has 1 aliphatic rings. The van der Waals surface area contributed by atoms with Crippen molar-refractivity contribution < 1.29 is 13.5 Å². The Balaban J connectivity index is 1.75. The normalized spacial score (nSPS) is 20.6. The molecule has 1 saturated heterocycles. The van der Waals surface area contributed by atoms with Crippen LogP contribution in [-0.4, -0.2) is 44.9 Å². The Labute approximate surface area is 160 Å². The number of nitrogens with two attached hydrogens (primary N) is 2. The summed E-state index contributed by atoms with van der Waals surface area (Å²) in [7, 11) is 0. The molecule has 148 valence electrons. The largest absolute Gasteiger partial charge is 0.473 e. The van der Waals surface area contributed by atoms with Crippen molar-refractivity contribution in [2.24, 2.45) is 5.73 Å². The summed E-state index contributed by atoms with van der Waals surface area (Å²) < 4.78 is 35.7. The van der Waals surface area contributed by atoms with Crippen molar-refractivity contribution in [3.8, 4) is 5.88 Å². The number of pyridine rings is 1. The molecule has 1 fully saturated rings. The molecule has 0 spiro atoms. The molecule has 10 heteroatoms. The first-order valence-electron chi connectivity index (χ1n) is 8.99. The van der Waals surface area contributed by atoms with Crippen LogP contribution in [0.4, 0.5) is 20.3 Å². The van der Waals surface area contributed by atoms with Gasteiger partial charge in [-0.1, -0.05) is 0 Å². The molecular formula is C18H21F2N7O. The number of rotatable bonds is 5. The van der Waals surface area contributed by atoms with Crippen molar-refractivity contribution in [2.45, 2.75) is 31.7 Å². The van der Waals surface area contributed by atoms with Gasteiger partial charge in [-0.3, -0.25) is 0 Å². The third-order valence-corrected chi connectivity index (χ3v) is 4.78. The Morgan fingerprint density at radius 1 is 1.39 bits per heavy atom. The highest BCUT2D eigenvalue weighted by atomic mass is 19.1. The third-order valence-electron chi connectivity index (χ3n) is 4.78. The number of fused-ring (bicyclic) bond motifs is 1. The van der Waals surface area contributed by atoms with Crippen LogP contribution in [0.2, 0.25) is 0 Å². The van der Waals surface area contributed by atoms with E-state index in [0.29, 0.717) is 22.7 Å². The van der Waals surface area contributed by atoms with E-state index in [9.17, 15) is 8.78 Å². The number of nitrogen functional groups attached to an aromatic ring is 1. The van der Waals surface area contributed by atoms with E-state index in [4.69, 9.17) is 16.2 Å². The molecular weight excluding hydrogens is 368 g/mol. The summed E-state index contributed by atoms with van der Waals surface area (Å²) in [6, 6.07) is 2.56. The highest BCUT2D eigenvalue weighted by Gasteiger charge is 2.37. The van der Waals surface area contributed by atoms with Gasteiger partial charge < -0.3 is 21.1 Å². The Morgan fingerprint density at radius 3 is 3.00 bits per heavy atom. The Bertz CT molecular complexity index is 995. The third kappa shape index (κ3) is 3.31. The lowest BCUT2D eigenvalue weighted by Crippen LogP contribution is -2.27. The smallest absolute Gasteiger partial charge is 0.219 e. The van der Waals surface area contributed by atoms with Gasteiger partial charge in [0.2, 0.25) is 5.88 Å². The van der Waals surface area contributed by atoms with Gasteiger partial charge in [-0.25, -0.2) is 23.3 Å². The van der Waals surface area contributed by atoms with E-state index in [1.54, 1.807) is 24.1 Å². The Morgan fingerprint density at radius 2 is 2.21 bits per heavy atom. The number of aromatic nitrogens is 4. The fraction of sp³-hybridized carbons (Fsp3) is 0.389. The average molecular weight is 389 g/mol. The van der Waals surface area contributed by atoms with Crippen LogP contribution < -0.4 is 21.1 Å². The molecule has 0 bridgehead atoms. The summed E-state index contributed by atoms with van der Waals surface area (Å²) in [6.45, 7) is 2.18. The van der Waals surface area contributed by atoms with Crippen molar-refractivity contribution in [3.05, 3.63) is 42.1 Å². The predicted molar refractivity (Wildman–Crippen MR) is 100 cm³/mol. The molecule has 0 aliphatic carbocycles. The van der Waals surface area contributed by atoms with Crippen LogP contribution >= 0.6 is 0 Å². The van der Waals surface area contributed by atoms with Crippen LogP contribution in [0.1, 0.15) is 24.9 Å². The lowest BCUT2D eigenvalue weighted by molar-refractivity contribution is 0.216. The van der Waals surface area contributed by atoms with Crippen LogP contribution in [0.15, 0.2) is 30.7 Å². The molecule has 0 radical (unpaired) electrons. The molecule has 4 rings (SSSR count). The Kier molecular flexibility index (Phi) is 4.71. The van der Waals surface area contributed by atoms with Crippen molar-refractivity contribution in [1.29, 1.82) is 0 Å². The van der Waals surface area contributed by atoms with Gasteiger partial charge in [-0.2, -0.15) is 5.10 Å². The maximum absolute atomic E-state index is 14.4. The molecule has 4 N–H and O–H groups in total. The first kappa shape index (κ1) is 18.4. The highest BCUT2D eigenvalue weighted by Crippen LogP contribution is 2.40. The summed E-state index contributed by atoms with van der Waals surface area (Å²) in [4.78, 5) is 10.4. The number of hydrogen-bond donors (Lipinski definition) is 2. The van der Waals surface area contributed by atoms with E-state index in [2.05, 4.69) is 15.1 Å². The zero-order chi connectivity index (χ0) is 19.8. The van der Waals surface area contributed by atoms with Crippen LogP contribution in [0.3, 0.4) is 0 Å². The van der Waals surface area contributed by atoms with Crippen LogP contribution in [0.5, 0.6) is 5.88 Å². The van der Waals surface area contributed by atoms with Gasteiger partial charge in [-0.15, -0.1) is 0 Å². The number of anilines is 2. The van der Waals surface area contributed by atoms with Gasteiger partial charge in [-0.05, 0) is 19.1 Å². The first-order chi connectivity index (χ1) is 13.5.